The number of ether oxygens (including phenoxy) is 1. The van der Waals surface area contributed by atoms with E-state index in [9.17, 15) is 4.79 Å². The molecule has 1 heterocycles. The standard InChI is InChI=1S/C10H16N2O2S/c1-7(2)14-10(13)5-11-4-9-6-15-8(3)12-9/h6-7,11H,4-5H2,1-3H3. The summed E-state index contributed by atoms with van der Waals surface area (Å²) in [6.07, 6.45) is -0.0548. The Morgan fingerprint density at radius 2 is 2.40 bits per heavy atom. The normalized spacial score (nSPS) is 10.7. The second-order valence-electron chi connectivity index (χ2n) is 3.50. The molecule has 1 N–H and O–H groups in total. The number of nitrogens with one attached hydrogen (secondary N) is 1. The number of aryl methyl sites for hydroxylation is 1. The van der Waals surface area contributed by atoms with Crippen LogP contribution in [0.15, 0.2) is 5.38 Å². The lowest BCUT2D eigenvalue weighted by Gasteiger charge is -2.07. The molecule has 5 heteroatoms. The van der Waals surface area contributed by atoms with Crippen molar-refractivity contribution in [3.8, 4) is 0 Å². The molecule has 0 unspecified atom stereocenters. The van der Waals surface area contributed by atoms with Gasteiger partial charge in [0.1, 0.15) is 0 Å². The molecule has 4 nitrogen and oxygen atoms in total. The van der Waals surface area contributed by atoms with Crippen LogP contribution in [0.2, 0.25) is 0 Å². The van der Waals surface area contributed by atoms with E-state index in [0.29, 0.717) is 6.54 Å². The lowest BCUT2D eigenvalue weighted by atomic mass is 10.4. The first-order valence-electron chi connectivity index (χ1n) is 4.89. The van der Waals surface area contributed by atoms with Gasteiger partial charge in [0.05, 0.1) is 23.4 Å². The third-order valence-electron chi connectivity index (χ3n) is 1.61. The lowest BCUT2D eigenvalue weighted by Crippen LogP contribution is -2.26. The zero-order valence-corrected chi connectivity index (χ0v) is 10.1. The Kier molecular flexibility index (Phi) is 4.71. The third kappa shape index (κ3) is 4.90. The average Bonchev–Trinajstić information content (AvgIpc) is 2.50. The van der Waals surface area contributed by atoms with Crippen molar-refractivity contribution < 1.29 is 9.53 Å². The predicted octanol–water partition coefficient (Wildman–Crippen LogP) is 1.49. The van der Waals surface area contributed by atoms with Crippen molar-refractivity contribution in [1.82, 2.24) is 10.3 Å². The van der Waals surface area contributed by atoms with Crippen LogP contribution in [0, 0.1) is 6.92 Å². The van der Waals surface area contributed by atoms with E-state index in [1.165, 1.54) is 0 Å². The van der Waals surface area contributed by atoms with Crippen molar-refractivity contribution >= 4 is 17.3 Å². The lowest BCUT2D eigenvalue weighted by molar-refractivity contribution is -0.146. The second kappa shape index (κ2) is 5.82. The van der Waals surface area contributed by atoms with E-state index >= 15 is 0 Å². The predicted molar refractivity (Wildman–Crippen MR) is 59.8 cm³/mol. The van der Waals surface area contributed by atoms with Crippen molar-refractivity contribution in [2.24, 2.45) is 0 Å². The topological polar surface area (TPSA) is 51.2 Å². The van der Waals surface area contributed by atoms with E-state index < -0.39 is 0 Å². The molecule has 84 valence electrons. The van der Waals surface area contributed by atoms with Crippen LogP contribution in [-0.2, 0) is 16.1 Å². The summed E-state index contributed by atoms with van der Waals surface area (Å²) in [5, 5.41) is 6.01. The van der Waals surface area contributed by atoms with Crippen molar-refractivity contribution in [3.05, 3.63) is 16.1 Å². The smallest absolute Gasteiger partial charge is 0.320 e. The van der Waals surface area contributed by atoms with Crippen molar-refractivity contribution in [2.45, 2.75) is 33.4 Å². The van der Waals surface area contributed by atoms with Crippen LogP contribution in [0.3, 0.4) is 0 Å². The fourth-order valence-corrected chi connectivity index (χ4v) is 1.70. The summed E-state index contributed by atoms with van der Waals surface area (Å²) in [5.74, 6) is -0.225. The van der Waals surface area contributed by atoms with Crippen molar-refractivity contribution in [3.63, 3.8) is 0 Å². The summed E-state index contributed by atoms with van der Waals surface area (Å²) < 4.78 is 4.97. The highest BCUT2D eigenvalue weighted by atomic mass is 32.1. The number of carbonyl (C=O) groups excluding carboxylic acids is 1. The Balaban J connectivity index is 2.19. The molecule has 0 radical (unpaired) electrons. The number of nitrogens with zero attached hydrogens (tertiary/aromatic N) is 1. The summed E-state index contributed by atoms with van der Waals surface area (Å²) in [5.41, 5.74) is 0.967. The monoisotopic (exact) mass is 228 g/mol. The summed E-state index contributed by atoms with van der Waals surface area (Å²) in [6, 6.07) is 0. The van der Waals surface area contributed by atoms with Gasteiger partial charge in [-0.2, -0.15) is 0 Å². The first kappa shape index (κ1) is 12.1. The fourth-order valence-electron chi connectivity index (χ4n) is 1.09. The van der Waals surface area contributed by atoms with Gasteiger partial charge in [-0.25, -0.2) is 4.98 Å². The molecule has 0 amide bonds. The maximum absolute atomic E-state index is 11.1. The third-order valence-corrected chi connectivity index (χ3v) is 2.43. The minimum atomic E-state index is -0.225. The maximum Gasteiger partial charge on any atom is 0.320 e. The number of rotatable bonds is 5. The molecule has 0 aliphatic carbocycles. The van der Waals surface area contributed by atoms with Gasteiger partial charge in [0, 0.05) is 11.9 Å². The van der Waals surface area contributed by atoms with E-state index in [2.05, 4.69) is 10.3 Å². The Bertz CT molecular complexity index is 323. The molecule has 0 saturated heterocycles. The van der Waals surface area contributed by atoms with Crippen LogP contribution in [-0.4, -0.2) is 23.6 Å². The second-order valence-corrected chi connectivity index (χ2v) is 4.56. The number of thiazole rings is 1. The van der Waals surface area contributed by atoms with E-state index in [4.69, 9.17) is 4.74 Å². The fraction of sp³-hybridized carbons (Fsp3) is 0.600. The van der Waals surface area contributed by atoms with E-state index in [1.807, 2.05) is 26.2 Å². The summed E-state index contributed by atoms with van der Waals surface area (Å²) >= 11 is 1.61. The highest BCUT2D eigenvalue weighted by Crippen LogP contribution is 2.06. The van der Waals surface area contributed by atoms with Gasteiger partial charge in [-0.3, -0.25) is 4.79 Å². The van der Waals surface area contributed by atoms with Crippen LogP contribution < -0.4 is 5.32 Å². The maximum atomic E-state index is 11.1. The zero-order valence-electron chi connectivity index (χ0n) is 9.24. The van der Waals surface area contributed by atoms with Gasteiger partial charge < -0.3 is 10.1 Å². The highest BCUT2D eigenvalue weighted by Gasteiger charge is 2.05. The summed E-state index contributed by atoms with van der Waals surface area (Å²) in [4.78, 5) is 15.4. The van der Waals surface area contributed by atoms with Crippen LogP contribution in [0.1, 0.15) is 24.5 Å². The van der Waals surface area contributed by atoms with Crippen molar-refractivity contribution in [1.29, 1.82) is 0 Å². The molecular formula is C10H16N2O2S. The largest absolute Gasteiger partial charge is 0.462 e. The van der Waals surface area contributed by atoms with E-state index in [0.717, 1.165) is 10.7 Å². The van der Waals surface area contributed by atoms with Gasteiger partial charge >= 0.3 is 5.97 Å². The molecule has 0 aromatic carbocycles. The molecule has 0 fully saturated rings. The number of esters is 1. The molecule has 0 aliphatic rings. The van der Waals surface area contributed by atoms with Gasteiger partial charge in [0.25, 0.3) is 0 Å². The highest BCUT2D eigenvalue weighted by molar-refractivity contribution is 7.09. The molecule has 0 atom stereocenters. The molecule has 0 bridgehead atoms. The molecule has 1 aromatic heterocycles. The van der Waals surface area contributed by atoms with Crippen LogP contribution in [0.5, 0.6) is 0 Å². The molecule has 0 aliphatic heterocycles. The summed E-state index contributed by atoms with van der Waals surface area (Å²) in [6.45, 7) is 6.47. The zero-order chi connectivity index (χ0) is 11.3. The van der Waals surface area contributed by atoms with Gasteiger partial charge in [0.15, 0.2) is 0 Å². The van der Waals surface area contributed by atoms with E-state index in [1.54, 1.807) is 11.3 Å². The van der Waals surface area contributed by atoms with Crippen molar-refractivity contribution in [2.75, 3.05) is 6.54 Å². The molecule has 0 spiro atoms. The Labute approximate surface area is 93.7 Å². The quantitative estimate of drug-likeness (QED) is 0.776. The van der Waals surface area contributed by atoms with Crippen LogP contribution in [0.4, 0.5) is 0 Å². The Morgan fingerprint density at radius 3 is 2.93 bits per heavy atom. The molecule has 1 rings (SSSR count). The Morgan fingerprint density at radius 1 is 1.67 bits per heavy atom. The number of hydrogen-bond acceptors (Lipinski definition) is 5. The molecule has 15 heavy (non-hydrogen) atoms. The number of hydrogen-bond donors (Lipinski definition) is 1. The average molecular weight is 228 g/mol. The first-order chi connectivity index (χ1) is 7.08. The molecule has 0 saturated carbocycles. The SMILES string of the molecule is Cc1nc(CNCC(=O)OC(C)C)cs1. The minimum absolute atomic E-state index is 0.0548. The van der Waals surface area contributed by atoms with Gasteiger partial charge in [-0.15, -0.1) is 11.3 Å². The Hall–Kier alpha value is -0.940. The summed E-state index contributed by atoms with van der Waals surface area (Å²) in [7, 11) is 0. The minimum Gasteiger partial charge on any atom is -0.462 e. The van der Waals surface area contributed by atoms with Gasteiger partial charge in [0.2, 0.25) is 0 Å². The number of aromatic nitrogens is 1. The van der Waals surface area contributed by atoms with E-state index in [-0.39, 0.29) is 18.6 Å². The van der Waals surface area contributed by atoms with Gasteiger partial charge in [-0.1, -0.05) is 0 Å². The first-order valence-corrected chi connectivity index (χ1v) is 5.77. The van der Waals surface area contributed by atoms with Crippen LogP contribution in [0.25, 0.3) is 0 Å². The molecule has 1 aromatic rings. The number of carbonyl (C=O) groups is 1. The molecular weight excluding hydrogens is 212 g/mol. The van der Waals surface area contributed by atoms with Crippen LogP contribution >= 0.6 is 11.3 Å². The van der Waals surface area contributed by atoms with Gasteiger partial charge in [-0.05, 0) is 20.8 Å².